The van der Waals surface area contributed by atoms with E-state index in [-0.39, 0.29) is 5.41 Å². The summed E-state index contributed by atoms with van der Waals surface area (Å²) >= 11 is 0. The zero-order chi connectivity index (χ0) is 36.6. The zero-order valence-corrected chi connectivity index (χ0v) is 31.0. The van der Waals surface area contributed by atoms with Gasteiger partial charge < -0.3 is 4.90 Å². The van der Waals surface area contributed by atoms with Crippen LogP contribution < -0.4 is 4.90 Å². The lowest BCUT2D eigenvalue weighted by Crippen LogP contribution is -2.26. The minimum Gasteiger partial charge on any atom is -0.310 e. The highest BCUT2D eigenvalue weighted by Crippen LogP contribution is 2.64. The Morgan fingerprint density at radius 1 is 0.481 bits per heavy atom. The van der Waals surface area contributed by atoms with Gasteiger partial charge in [0.25, 0.3) is 0 Å². The Balaban J connectivity index is 1.27. The molecule has 54 heavy (non-hydrogen) atoms. The van der Waals surface area contributed by atoms with Crippen LogP contribution in [0.5, 0.6) is 0 Å². The van der Waals surface area contributed by atoms with Crippen molar-refractivity contribution in [1.29, 1.82) is 0 Å². The van der Waals surface area contributed by atoms with E-state index in [1.807, 2.05) is 0 Å². The van der Waals surface area contributed by atoms with Crippen molar-refractivity contribution in [3.05, 3.63) is 233 Å². The Kier molecular flexibility index (Phi) is 7.19. The fraction of sp³-hybridized carbons (Fsp3) is 0.0943. The van der Waals surface area contributed by atoms with Crippen molar-refractivity contribution in [3.63, 3.8) is 0 Å². The second kappa shape index (κ2) is 12.0. The number of hydrogen-bond donors (Lipinski definition) is 0. The summed E-state index contributed by atoms with van der Waals surface area (Å²) in [6, 6.07) is 62.5. The fourth-order valence-corrected chi connectivity index (χ4v) is 9.97. The van der Waals surface area contributed by atoms with Gasteiger partial charge in [0, 0.05) is 22.2 Å². The Morgan fingerprint density at radius 2 is 0.963 bits per heavy atom. The van der Waals surface area contributed by atoms with E-state index < -0.39 is 5.41 Å². The van der Waals surface area contributed by atoms with E-state index in [4.69, 9.17) is 6.58 Å². The average Bonchev–Trinajstić information content (AvgIpc) is 3.77. The lowest BCUT2D eigenvalue weighted by molar-refractivity contribution is 0.660. The van der Waals surface area contributed by atoms with E-state index in [2.05, 4.69) is 208 Å². The quantitative estimate of drug-likeness (QED) is 0.174. The largest absolute Gasteiger partial charge is 0.310 e. The molecule has 0 amide bonds. The molecule has 0 aromatic heterocycles. The van der Waals surface area contributed by atoms with Crippen LogP contribution in [0, 0.1) is 0 Å². The summed E-state index contributed by atoms with van der Waals surface area (Å²) in [4.78, 5) is 2.43. The first-order chi connectivity index (χ1) is 26.5. The molecule has 0 saturated carbocycles. The van der Waals surface area contributed by atoms with Crippen LogP contribution in [0.25, 0.3) is 39.0 Å². The van der Waals surface area contributed by atoms with Gasteiger partial charge in [0.05, 0.1) is 16.8 Å². The molecule has 10 rings (SSSR count). The Morgan fingerprint density at radius 3 is 1.61 bits per heavy atom. The third-order valence-corrected chi connectivity index (χ3v) is 12.2. The average molecular weight is 692 g/mol. The van der Waals surface area contributed by atoms with Crippen molar-refractivity contribution in [2.24, 2.45) is 0 Å². The van der Waals surface area contributed by atoms with Crippen molar-refractivity contribution in [1.82, 2.24) is 0 Å². The summed E-state index contributed by atoms with van der Waals surface area (Å²) in [6.07, 6.45) is 4.62. The van der Waals surface area contributed by atoms with Gasteiger partial charge >= 0.3 is 0 Å². The van der Waals surface area contributed by atoms with Crippen molar-refractivity contribution in [2.45, 2.75) is 31.6 Å². The first-order valence-electron chi connectivity index (χ1n) is 19.0. The monoisotopic (exact) mass is 691 g/mol. The van der Waals surface area contributed by atoms with Gasteiger partial charge in [-0.05, 0) is 91.9 Å². The number of anilines is 2. The molecule has 7 aromatic rings. The Bertz CT molecular complexity index is 2680. The second-order valence-electron chi connectivity index (χ2n) is 15.2. The maximum absolute atomic E-state index is 4.97. The summed E-state index contributed by atoms with van der Waals surface area (Å²) in [7, 11) is 0. The molecule has 0 saturated heterocycles. The molecular formula is C53H41N. The summed E-state index contributed by atoms with van der Waals surface area (Å²) in [6.45, 7) is 11.8. The SMILES string of the molecule is C=C(C=C1/C(=C\C)c2ccccc2C1(C)C)N(c1ccccc1-c1ccccc1)c1cccc2c1-c1ccccc1C21c2ccccc2-c2ccccc21. The maximum Gasteiger partial charge on any atom is 0.0726 e. The van der Waals surface area contributed by atoms with Crippen LogP contribution in [0.2, 0.25) is 0 Å². The van der Waals surface area contributed by atoms with Crippen molar-refractivity contribution in [2.75, 3.05) is 4.90 Å². The van der Waals surface area contributed by atoms with E-state index >= 15 is 0 Å². The van der Waals surface area contributed by atoms with E-state index in [1.54, 1.807) is 0 Å². The zero-order valence-electron chi connectivity index (χ0n) is 31.0. The molecule has 0 atom stereocenters. The maximum atomic E-state index is 4.97. The molecule has 0 aliphatic heterocycles. The molecule has 0 N–H and O–H groups in total. The summed E-state index contributed by atoms with van der Waals surface area (Å²) in [5.74, 6) is 0. The first kappa shape index (κ1) is 32.2. The van der Waals surface area contributed by atoms with Gasteiger partial charge in [0.2, 0.25) is 0 Å². The molecule has 0 bridgehead atoms. The second-order valence-corrected chi connectivity index (χ2v) is 15.2. The van der Waals surface area contributed by atoms with Gasteiger partial charge in [0.1, 0.15) is 0 Å². The normalized spacial score (nSPS) is 16.5. The van der Waals surface area contributed by atoms with Gasteiger partial charge in [0.15, 0.2) is 0 Å². The highest BCUT2D eigenvalue weighted by molar-refractivity contribution is 6.01. The number of fused-ring (bicyclic) bond motifs is 11. The molecule has 3 aliphatic carbocycles. The third-order valence-electron chi connectivity index (χ3n) is 12.2. The first-order valence-corrected chi connectivity index (χ1v) is 19.0. The summed E-state index contributed by atoms with van der Waals surface area (Å²) < 4.78 is 0. The van der Waals surface area contributed by atoms with Crippen LogP contribution in [0.3, 0.4) is 0 Å². The van der Waals surface area contributed by atoms with Crippen molar-refractivity contribution in [3.8, 4) is 33.4 Å². The van der Waals surface area contributed by atoms with Crippen LogP contribution in [0.4, 0.5) is 11.4 Å². The molecular weight excluding hydrogens is 651 g/mol. The molecule has 258 valence electrons. The predicted octanol–water partition coefficient (Wildman–Crippen LogP) is 13.7. The summed E-state index contributed by atoms with van der Waals surface area (Å²) in [5.41, 5.74) is 20.5. The van der Waals surface area contributed by atoms with E-state index in [0.717, 1.165) is 22.6 Å². The highest BCUT2D eigenvalue weighted by Gasteiger charge is 2.52. The number of nitrogens with zero attached hydrogens (tertiary/aromatic N) is 1. The number of rotatable bonds is 5. The highest BCUT2D eigenvalue weighted by atomic mass is 15.2. The molecule has 3 aliphatic rings. The van der Waals surface area contributed by atoms with Gasteiger partial charge in [-0.2, -0.15) is 0 Å². The van der Waals surface area contributed by atoms with Crippen LogP contribution in [-0.4, -0.2) is 0 Å². The molecule has 0 heterocycles. The van der Waals surface area contributed by atoms with Crippen LogP contribution >= 0.6 is 0 Å². The molecule has 0 unspecified atom stereocenters. The molecule has 1 nitrogen and oxygen atoms in total. The van der Waals surface area contributed by atoms with E-state index in [1.165, 1.54) is 72.3 Å². The van der Waals surface area contributed by atoms with Crippen LogP contribution in [0.1, 0.15) is 54.2 Å². The molecule has 0 fully saturated rings. The minimum absolute atomic E-state index is 0.196. The fourth-order valence-electron chi connectivity index (χ4n) is 9.97. The van der Waals surface area contributed by atoms with Gasteiger partial charge in [-0.25, -0.2) is 0 Å². The smallest absolute Gasteiger partial charge is 0.0726 e. The molecule has 0 radical (unpaired) electrons. The molecule has 1 heteroatoms. The van der Waals surface area contributed by atoms with Crippen LogP contribution in [0.15, 0.2) is 200 Å². The number of hydrogen-bond acceptors (Lipinski definition) is 1. The molecule has 7 aromatic carbocycles. The van der Waals surface area contributed by atoms with Gasteiger partial charge in [-0.3, -0.25) is 0 Å². The minimum atomic E-state index is -0.438. The topological polar surface area (TPSA) is 3.24 Å². The van der Waals surface area contributed by atoms with Crippen molar-refractivity contribution >= 4 is 16.9 Å². The standard InChI is InChI=1S/C53H41N/c1-5-37-39-23-9-14-27-43(39)52(3,4)48(37)34-35(2)54(49-32-18-13-22-38(49)36-20-7-6-8-21-36)50-33-19-31-47-51(50)42-26-12-17-30-46(42)53(47)44-28-15-10-24-40(44)41-25-11-16-29-45(41)53/h5-34H,2H2,1,3-4H3/b37-5-,48-34?. The number of para-hydroxylation sites is 1. The lowest BCUT2D eigenvalue weighted by Gasteiger charge is -2.33. The Hall–Kier alpha value is -6.44. The summed E-state index contributed by atoms with van der Waals surface area (Å²) in [5, 5.41) is 0. The van der Waals surface area contributed by atoms with Gasteiger partial charge in [-0.1, -0.05) is 184 Å². The lowest BCUT2D eigenvalue weighted by atomic mass is 9.70. The van der Waals surface area contributed by atoms with E-state index in [0.29, 0.717) is 0 Å². The van der Waals surface area contributed by atoms with Gasteiger partial charge in [-0.15, -0.1) is 0 Å². The van der Waals surface area contributed by atoms with Crippen molar-refractivity contribution < 1.29 is 0 Å². The molecule has 1 spiro atoms. The third kappa shape index (κ3) is 4.33. The predicted molar refractivity (Wildman–Crippen MR) is 227 cm³/mol. The van der Waals surface area contributed by atoms with Crippen LogP contribution in [-0.2, 0) is 10.8 Å². The van der Waals surface area contributed by atoms with E-state index in [9.17, 15) is 0 Å². The Labute approximate surface area is 318 Å². The number of benzene rings is 7. The number of allylic oxidation sites excluding steroid dienone is 4.